The second kappa shape index (κ2) is 5.23. The molecule has 0 fully saturated rings. The number of hydrogen-bond acceptors (Lipinski definition) is 4. The number of methoxy groups -OCH3 is 1. The fourth-order valence-electron chi connectivity index (χ4n) is 1.48. The molecule has 4 heteroatoms. The van der Waals surface area contributed by atoms with Crippen LogP contribution < -0.4 is 10.4 Å². The van der Waals surface area contributed by atoms with Gasteiger partial charge in [-0.3, -0.25) is 0 Å². The summed E-state index contributed by atoms with van der Waals surface area (Å²) in [5.41, 5.74) is 0.338. The van der Waals surface area contributed by atoms with Gasteiger partial charge in [0.05, 0.1) is 13.2 Å². The highest BCUT2D eigenvalue weighted by atomic mass is 16.5. The van der Waals surface area contributed by atoms with Crippen LogP contribution in [0.5, 0.6) is 11.5 Å². The molecule has 4 nitrogen and oxygen atoms in total. The molecular weight excluding hydrogens is 232 g/mol. The van der Waals surface area contributed by atoms with Gasteiger partial charge in [0.1, 0.15) is 17.3 Å². The zero-order chi connectivity index (χ0) is 13.0. The summed E-state index contributed by atoms with van der Waals surface area (Å²) in [6.45, 7) is 0. The maximum absolute atomic E-state index is 11.2. The van der Waals surface area contributed by atoms with Crippen molar-refractivity contribution >= 4 is 12.2 Å². The van der Waals surface area contributed by atoms with Crippen LogP contribution in [0.2, 0.25) is 0 Å². The SMILES string of the molecule is COc1cc(C=Cc2cccc(O)c2)oc(=O)c1. The molecule has 0 atom stereocenters. The number of phenols is 1. The first-order valence-corrected chi connectivity index (χ1v) is 5.34. The average molecular weight is 244 g/mol. The fraction of sp³-hybridized carbons (Fsp3) is 0.0714. The van der Waals surface area contributed by atoms with Gasteiger partial charge < -0.3 is 14.3 Å². The minimum atomic E-state index is -0.468. The van der Waals surface area contributed by atoms with Crippen LogP contribution in [0.4, 0.5) is 0 Å². The van der Waals surface area contributed by atoms with Gasteiger partial charge in [-0.15, -0.1) is 0 Å². The Balaban J connectivity index is 2.28. The molecule has 0 amide bonds. The predicted octanol–water partition coefficient (Wildman–Crippen LogP) is 2.52. The maximum atomic E-state index is 11.2. The van der Waals surface area contributed by atoms with Crippen LogP contribution in [0, 0.1) is 0 Å². The molecular formula is C14H12O4. The van der Waals surface area contributed by atoms with Crippen molar-refractivity contribution in [3.8, 4) is 11.5 Å². The highest BCUT2D eigenvalue weighted by molar-refractivity contribution is 5.68. The second-order valence-electron chi connectivity index (χ2n) is 3.65. The maximum Gasteiger partial charge on any atom is 0.339 e. The average Bonchev–Trinajstić information content (AvgIpc) is 2.36. The lowest BCUT2D eigenvalue weighted by atomic mass is 10.2. The van der Waals surface area contributed by atoms with E-state index in [2.05, 4.69) is 0 Å². The largest absolute Gasteiger partial charge is 0.508 e. The molecule has 0 bridgehead atoms. The molecule has 0 spiro atoms. The van der Waals surface area contributed by atoms with Crippen molar-refractivity contribution in [3.05, 3.63) is 58.1 Å². The lowest BCUT2D eigenvalue weighted by Gasteiger charge is -1.99. The van der Waals surface area contributed by atoms with E-state index in [1.165, 1.54) is 13.2 Å². The molecule has 1 heterocycles. The second-order valence-corrected chi connectivity index (χ2v) is 3.65. The lowest BCUT2D eigenvalue weighted by molar-refractivity contribution is 0.400. The van der Waals surface area contributed by atoms with Gasteiger partial charge in [-0.1, -0.05) is 18.2 Å². The summed E-state index contributed by atoms with van der Waals surface area (Å²) in [6.07, 6.45) is 3.37. The normalized spacial score (nSPS) is 10.7. The molecule has 0 aliphatic rings. The molecule has 0 saturated carbocycles. The van der Waals surface area contributed by atoms with E-state index in [0.717, 1.165) is 5.56 Å². The van der Waals surface area contributed by atoms with Gasteiger partial charge in [-0.2, -0.15) is 0 Å². The standard InChI is InChI=1S/C14H12O4/c1-17-13-8-12(18-14(16)9-13)6-5-10-3-2-4-11(15)7-10/h2-9,15H,1H3. The Morgan fingerprint density at radius 2 is 2.06 bits per heavy atom. The third-order valence-electron chi connectivity index (χ3n) is 2.31. The molecule has 2 rings (SSSR count). The third-order valence-corrected chi connectivity index (χ3v) is 2.31. The van der Waals surface area contributed by atoms with E-state index < -0.39 is 5.63 Å². The summed E-state index contributed by atoms with van der Waals surface area (Å²) >= 11 is 0. The number of ether oxygens (including phenoxy) is 1. The van der Waals surface area contributed by atoms with E-state index in [9.17, 15) is 9.90 Å². The Morgan fingerprint density at radius 3 is 2.78 bits per heavy atom. The first-order valence-electron chi connectivity index (χ1n) is 5.34. The fourth-order valence-corrected chi connectivity index (χ4v) is 1.48. The quantitative estimate of drug-likeness (QED) is 0.901. The van der Waals surface area contributed by atoms with Crippen LogP contribution in [0.25, 0.3) is 12.2 Å². The molecule has 1 aromatic heterocycles. The summed E-state index contributed by atoms with van der Waals surface area (Å²) in [5.74, 6) is 1.02. The molecule has 0 unspecified atom stereocenters. The summed E-state index contributed by atoms with van der Waals surface area (Å²) in [4.78, 5) is 11.2. The smallest absolute Gasteiger partial charge is 0.339 e. The molecule has 1 aromatic carbocycles. The molecule has 18 heavy (non-hydrogen) atoms. The first-order chi connectivity index (χ1) is 8.67. The molecule has 0 aliphatic carbocycles. The Labute approximate surface area is 104 Å². The van der Waals surface area contributed by atoms with Crippen molar-refractivity contribution < 1.29 is 14.3 Å². The van der Waals surface area contributed by atoms with E-state index in [0.29, 0.717) is 11.5 Å². The minimum Gasteiger partial charge on any atom is -0.508 e. The third kappa shape index (κ3) is 3.01. The number of phenolic OH excluding ortho intramolecular Hbond substituents is 1. The summed E-state index contributed by atoms with van der Waals surface area (Å²) in [6, 6.07) is 9.63. The van der Waals surface area contributed by atoms with Gasteiger partial charge in [-0.05, 0) is 23.8 Å². The van der Waals surface area contributed by atoms with E-state index in [1.54, 1.807) is 36.4 Å². The topological polar surface area (TPSA) is 59.7 Å². The molecule has 0 aliphatic heterocycles. The number of aromatic hydroxyl groups is 1. The van der Waals surface area contributed by atoms with Crippen LogP contribution in [0.3, 0.4) is 0 Å². The zero-order valence-electron chi connectivity index (χ0n) is 9.79. The summed E-state index contributed by atoms with van der Waals surface area (Å²) < 4.78 is 9.96. The Hall–Kier alpha value is -2.49. The molecule has 0 radical (unpaired) electrons. The van der Waals surface area contributed by atoms with Crippen molar-refractivity contribution in [2.24, 2.45) is 0 Å². The van der Waals surface area contributed by atoms with Crippen molar-refractivity contribution in [1.29, 1.82) is 0 Å². The highest BCUT2D eigenvalue weighted by Crippen LogP contribution is 2.15. The van der Waals surface area contributed by atoms with Crippen LogP contribution in [0.15, 0.2) is 45.6 Å². The summed E-state index contributed by atoms with van der Waals surface area (Å²) in [5, 5.41) is 9.31. The molecule has 0 saturated heterocycles. The van der Waals surface area contributed by atoms with Crippen LogP contribution in [0.1, 0.15) is 11.3 Å². The molecule has 1 N–H and O–H groups in total. The number of benzene rings is 1. The minimum absolute atomic E-state index is 0.184. The van der Waals surface area contributed by atoms with Gasteiger partial charge in [0.2, 0.25) is 0 Å². The van der Waals surface area contributed by atoms with Gasteiger partial charge in [-0.25, -0.2) is 4.79 Å². The first kappa shape index (κ1) is 12.0. The van der Waals surface area contributed by atoms with Gasteiger partial charge >= 0.3 is 5.63 Å². The Bertz CT molecular complexity index is 626. The van der Waals surface area contributed by atoms with Crippen molar-refractivity contribution in [3.63, 3.8) is 0 Å². The van der Waals surface area contributed by atoms with Gasteiger partial charge in [0.15, 0.2) is 0 Å². The zero-order valence-corrected chi connectivity index (χ0v) is 9.79. The van der Waals surface area contributed by atoms with Crippen molar-refractivity contribution in [1.82, 2.24) is 0 Å². The highest BCUT2D eigenvalue weighted by Gasteiger charge is 1.98. The van der Waals surface area contributed by atoms with Gasteiger partial charge in [0, 0.05) is 6.07 Å². The van der Waals surface area contributed by atoms with Crippen LogP contribution >= 0.6 is 0 Å². The van der Waals surface area contributed by atoms with Crippen molar-refractivity contribution in [2.75, 3.05) is 7.11 Å². The van der Waals surface area contributed by atoms with Crippen LogP contribution in [-0.4, -0.2) is 12.2 Å². The number of rotatable bonds is 3. The van der Waals surface area contributed by atoms with Crippen molar-refractivity contribution in [2.45, 2.75) is 0 Å². The van der Waals surface area contributed by atoms with E-state index >= 15 is 0 Å². The summed E-state index contributed by atoms with van der Waals surface area (Å²) in [7, 11) is 1.48. The Morgan fingerprint density at radius 1 is 1.22 bits per heavy atom. The van der Waals surface area contributed by atoms with E-state index in [-0.39, 0.29) is 5.75 Å². The van der Waals surface area contributed by atoms with Gasteiger partial charge in [0.25, 0.3) is 0 Å². The lowest BCUT2D eigenvalue weighted by Crippen LogP contribution is -1.98. The van der Waals surface area contributed by atoms with E-state index in [4.69, 9.17) is 9.15 Å². The molecule has 92 valence electrons. The molecule has 2 aromatic rings. The Kier molecular flexibility index (Phi) is 3.48. The predicted molar refractivity (Wildman–Crippen MR) is 68.6 cm³/mol. The monoisotopic (exact) mass is 244 g/mol. The van der Waals surface area contributed by atoms with E-state index in [1.807, 2.05) is 6.07 Å². The number of hydrogen-bond donors (Lipinski definition) is 1. The van der Waals surface area contributed by atoms with Crippen LogP contribution in [-0.2, 0) is 0 Å².